The number of nitrogens with one attached hydrogen (secondary N) is 1. The van der Waals surface area contributed by atoms with Gasteiger partial charge in [-0.05, 0) is 48.5 Å². The topological polar surface area (TPSA) is 111 Å². The lowest BCUT2D eigenvalue weighted by molar-refractivity contribution is -0.119. The number of carbonyl (C=O) groups excluding carboxylic acids is 3. The lowest BCUT2D eigenvalue weighted by atomic mass is 10.0. The Kier molecular flexibility index (Phi) is 6.33. The summed E-state index contributed by atoms with van der Waals surface area (Å²) in [6, 6.07) is 22.0. The number of amides is 2. The Morgan fingerprint density at radius 3 is 2.33 bits per heavy atom. The molecule has 7 nitrogen and oxygen atoms in total. The molecule has 4 aromatic rings. The smallest absolute Gasteiger partial charge is 0.339 e. The highest BCUT2D eigenvalue weighted by atomic mass is 35.5. The zero-order valence-corrected chi connectivity index (χ0v) is 18.0. The fraction of sp³-hybridized carbons (Fsp3) is 0.0400. The zero-order chi connectivity index (χ0) is 23.4. The van der Waals surface area contributed by atoms with Gasteiger partial charge in [0.15, 0.2) is 6.61 Å². The number of hydrogen-bond donors (Lipinski definition) is 2. The number of hydrogen-bond acceptors (Lipinski definition) is 5. The molecule has 3 N–H and O–H groups in total. The standard InChI is InChI=1S/C25H18ClN3O4/c26-17-9-5-15(6-10-17)22-13-20(19-3-1-2-4-21(19)29-22)25(32)33-14-23(30)28-18-11-7-16(8-12-18)24(27)31/h1-13H,14H2,(H2,27,31)(H,28,30). The maximum Gasteiger partial charge on any atom is 0.339 e. The molecule has 3 aromatic carbocycles. The van der Waals surface area contributed by atoms with Crippen molar-refractivity contribution in [2.45, 2.75) is 0 Å². The maximum absolute atomic E-state index is 12.9. The fourth-order valence-electron chi connectivity index (χ4n) is 3.24. The molecule has 4 rings (SSSR count). The summed E-state index contributed by atoms with van der Waals surface area (Å²) in [5.74, 6) is -1.74. The number of primary amides is 1. The molecule has 1 heterocycles. The van der Waals surface area contributed by atoms with Crippen molar-refractivity contribution in [2.24, 2.45) is 5.73 Å². The van der Waals surface area contributed by atoms with Gasteiger partial charge in [-0.3, -0.25) is 9.59 Å². The summed E-state index contributed by atoms with van der Waals surface area (Å²) in [5.41, 5.74) is 8.25. The first-order valence-corrected chi connectivity index (χ1v) is 10.3. The monoisotopic (exact) mass is 459 g/mol. The number of carbonyl (C=O) groups is 3. The van der Waals surface area contributed by atoms with Crippen LogP contribution >= 0.6 is 11.6 Å². The number of halogens is 1. The zero-order valence-electron chi connectivity index (χ0n) is 17.2. The SMILES string of the molecule is NC(=O)c1ccc(NC(=O)COC(=O)c2cc(-c3ccc(Cl)cc3)nc3ccccc23)cc1. The number of fused-ring (bicyclic) bond motifs is 1. The molecule has 0 bridgehead atoms. The van der Waals surface area contributed by atoms with Gasteiger partial charge in [-0.2, -0.15) is 0 Å². The Hall–Kier alpha value is -4.23. The Labute approximate surface area is 194 Å². The molecule has 1 aromatic heterocycles. The molecule has 0 radical (unpaired) electrons. The molecule has 0 atom stereocenters. The minimum atomic E-state index is -0.650. The molecule has 2 amide bonds. The summed E-state index contributed by atoms with van der Waals surface area (Å²) >= 11 is 5.97. The van der Waals surface area contributed by atoms with Gasteiger partial charge in [-0.15, -0.1) is 0 Å². The fourth-order valence-corrected chi connectivity index (χ4v) is 3.36. The van der Waals surface area contributed by atoms with E-state index in [2.05, 4.69) is 10.3 Å². The highest BCUT2D eigenvalue weighted by Crippen LogP contribution is 2.26. The van der Waals surface area contributed by atoms with E-state index in [-0.39, 0.29) is 0 Å². The Bertz CT molecular complexity index is 1350. The first-order valence-electron chi connectivity index (χ1n) is 9.93. The normalized spacial score (nSPS) is 10.6. The molecule has 0 fully saturated rings. The van der Waals surface area contributed by atoms with Crippen LogP contribution in [0.15, 0.2) is 78.9 Å². The number of nitrogens with two attached hydrogens (primary N) is 1. The van der Waals surface area contributed by atoms with Crippen LogP contribution in [-0.4, -0.2) is 29.4 Å². The number of rotatable bonds is 6. The minimum absolute atomic E-state index is 0.296. The van der Waals surface area contributed by atoms with Crippen LogP contribution < -0.4 is 11.1 Å². The van der Waals surface area contributed by atoms with E-state index in [1.807, 2.05) is 18.2 Å². The van der Waals surface area contributed by atoms with E-state index in [0.29, 0.717) is 38.4 Å². The number of nitrogens with zero attached hydrogens (tertiary/aromatic N) is 1. The van der Waals surface area contributed by atoms with Gasteiger partial charge in [-0.1, -0.05) is 41.9 Å². The van der Waals surface area contributed by atoms with E-state index < -0.39 is 24.4 Å². The Morgan fingerprint density at radius 2 is 1.64 bits per heavy atom. The largest absolute Gasteiger partial charge is 0.452 e. The van der Waals surface area contributed by atoms with Crippen molar-refractivity contribution in [3.8, 4) is 11.3 Å². The molecule has 164 valence electrons. The van der Waals surface area contributed by atoms with Crippen LogP contribution in [0.4, 0.5) is 5.69 Å². The molecule has 33 heavy (non-hydrogen) atoms. The first-order chi connectivity index (χ1) is 15.9. The van der Waals surface area contributed by atoms with Crippen LogP contribution in [0.1, 0.15) is 20.7 Å². The summed E-state index contributed by atoms with van der Waals surface area (Å²) < 4.78 is 5.27. The highest BCUT2D eigenvalue weighted by Gasteiger charge is 2.17. The first kappa shape index (κ1) is 22.0. The van der Waals surface area contributed by atoms with E-state index in [1.165, 1.54) is 24.3 Å². The van der Waals surface area contributed by atoms with Crippen molar-refractivity contribution in [1.82, 2.24) is 4.98 Å². The molecular formula is C25H18ClN3O4. The second-order valence-corrected chi connectivity index (χ2v) is 7.58. The summed E-state index contributed by atoms with van der Waals surface area (Å²) in [7, 11) is 0. The van der Waals surface area contributed by atoms with Gasteiger partial charge >= 0.3 is 5.97 Å². The maximum atomic E-state index is 12.9. The number of pyridine rings is 1. The summed E-state index contributed by atoms with van der Waals surface area (Å²) in [6.07, 6.45) is 0. The average molecular weight is 460 g/mol. The molecule has 0 unspecified atom stereocenters. The summed E-state index contributed by atoms with van der Waals surface area (Å²) in [4.78, 5) is 40.9. The van der Waals surface area contributed by atoms with Crippen molar-refractivity contribution < 1.29 is 19.1 Å². The predicted molar refractivity (Wildman–Crippen MR) is 126 cm³/mol. The number of esters is 1. The van der Waals surface area contributed by atoms with Crippen LogP contribution in [0.25, 0.3) is 22.2 Å². The van der Waals surface area contributed by atoms with Crippen molar-refractivity contribution >= 4 is 46.0 Å². The predicted octanol–water partition coefficient (Wildman–Crippen LogP) is 4.45. The van der Waals surface area contributed by atoms with E-state index in [1.54, 1.807) is 36.4 Å². The summed E-state index contributed by atoms with van der Waals surface area (Å²) in [6.45, 7) is -0.483. The molecule has 0 aliphatic rings. The van der Waals surface area contributed by atoms with Gasteiger partial charge in [0.2, 0.25) is 5.91 Å². The molecule has 0 aliphatic heterocycles. The minimum Gasteiger partial charge on any atom is -0.452 e. The average Bonchev–Trinajstić information content (AvgIpc) is 2.82. The Morgan fingerprint density at radius 1 is 0.939 bits per heavy atom. The number of para-hydroxylation sites is 1. The number of anilines is 1. The van der Waals surface area contributed by atoms with Crippen molar-refractivity contribution in [2.75, 3.05) is 11.9 Å². The van der Waals surface area contributed by atoms with E-state index in [4.69, 9.17) is 22.1 Å². The quantitative estimate of drug-likeness (QED) is 0.414. The van der Waals surface area contributed by atoms with E-state index in [9.17, 15) is 14.4 Å². The van der Waals surface area contributed by atoms with Gasteiger partial charge < -0.3 is 15.8 Å². The van der Waals surface area contributed by atoms with Gasteiger partial charge in [0.25, 0.3) is 5.91 Å². The van der Waals surface area contributed by atoms with Crippen LogP contribution in [0, 0.1) is 0 Å². The van der Waals surface area contributed by atoms with Crippen LogP contribution in [-0.2, 0) is 9.53 Å². The molecule has 0 spiro atoms. The van der Waals surface area contributed by atoms with Crippen LogP contribution in [0.2, 0.25) is 5.02 Å². The van der Waals surface area contributed by atoms with Gasteiger partial charge in [-0.25, -0.2) is 9.78 Å². The molecule has 0 saturated heterocycles. The lowest BCUT2D eigenvalue weighted by Gasteiger charge is -2.11. The highest BCUT2D eigenvalue weighted by molar-refractivity contribution is 6.30. The molecule has 8 heteroatoms. The third kappa shape index (κ3) is 5.16. The van der Waals surface area contributed by atoms with Gasteiger partial charge in [0.1, 0.15) is 0 Å². The van der Waals surface area contributed by atoms with Crippen LogP contribution in [0.5, 0.6) is 0 Å². The van der Waals surface area contributed by atoms with Crippen molar-refractivity contribution in [3.63, 3.8) is 0 Å². The molecule has 0 aliphatic carbocycles. The van der Waals surface area contributed by atoms with E-state index >= 15 is 0 Å². The number of aromatic nitrogens is 1. The Balaban J connectivity index is 1.51. The third-order valence-electron chi connectivity index (χ3n) is 4.86. The van der Waals surface area contributed by atoms with Gasteiger partial charge in [0.05, 0.1) is 16.8 Å². The number of ether oxygens (including phenoxy) is 1. The lowest BCUT2D eigenvalue weighted by Crippen LogP contribution is -2.21. The van der Waals surface area contributed by atoms with Crippen molar-refractivity contribution in [3.05, 3.63) is 95.0 Å². The van der Waals surface area contributed by atoms with Crippen LogP contribution in [0.3, 0.4) is 0 Å². The molecular weight excluding hydrogens is 442 g/mol. The van der Waals surface area contributed by atoms with Crippen molar-refractivity contribution in [1.29, 1.82) is 0 Å². The van der Waals surface area contributed by atoms with Gasteiger partial charge in [0, 0.05) is 27.2 Å². The second-order valence-electron chi connectivity index (χ2n) is 7.15. The van der Waals surface area contributed by atoms with E-state index in [0.717, 1.165) is 5.56 Å². The second kappa shape index (κ2) is 9.50. The third-order valence-corrected chi connectivity index (χ3v) is 5.12. The number of benzene rings is 3. The summed E-state index contributed by atoms with van der Waals surface area (Å²) in [5, 5.41) is 3.81. The molecule has 0 saturated carbocycles.